The molecule has 0 radical (unpaired) electrons. The Hall–Kier alpha value is -1.22. The van der Waals surface area contributed by atoms with Gasteiger partial charge in [0.05, 0.1) is 4.90 Å². The van der Waals surface area contributed by atoms with Crippen molar-refractivity contribution < 1.29 is 17.6 Å². The second kappa shape index (κ2) is 9.82. The van der Waals surface area contributed by atoms with Crippen molar-refractivity contribution in [2.24, 2.45) is 5.92 Å². The van der Waals surface area contributed by atoms with E-state index >= 15 is 0 Å². The Morgan fingerprint density at radius 2 is 2.15 bits per heavy atom. The number of carbonyl (C=O) groups excluding carboxylic acids is 1. The molecule has 0 spiro atoms. The lowest BCUT2D eigenvalue weighted by Crippen LogP contribution is -2.49. The van der Waals surface area contributed by atoms with Crippen LogP contribution in [0, 0.1) is 11.7 Å². The number of hydrogen-bond donors (Lipinski definition) is 2. The summed E-state index contributed by atoms with van der Waals surface area (Å²) in [5, 5.41) is 3.30. The molecular formula is C18H27ClFN3O3S. The van der Waals surface area contributed by atoms with Gasteiger partial charge in [0, 0.05) is 25.6 Å². The molecule has 0 bridgehead atoms. The molecule has 1 aromatic rings. The monoisotopic (exact) mass is 419 g/mol. The molecule has 2 atom stereocenters. The largest absolute Gasteiger partial charge is 0.341 e. The molecule has 3 rings (SSSR count). The minimum atomic E-state index is -3.79. The zero-order valence-corrected chi connectivity index (χ0v) is 16.8. The predicted molar refractivity (Wildman–Crippen MR) is 104 cm³/mol. The predicted octanol–water partition coefficient (Wildman–Crippen LogP) is 1.91. The number of rotatable bonds is 6. The highest BCUT2D eigenvalue weighted by Gasteiger charge is 2.28. The Morgan fingerprint density at radius 3 is 2.85 bits per heavy atom. The normalized spacial score (nSPS) is 23.1. The van der Waals surface area contributed by atoms with Gasteiger partial charge in [0.2, 0.25) is 15.9 Å². The van der Waals surface area contributed by atoms with E-state index < -0.39 is 15.8 Å². The number of halogens is 2. The molecule has 2 unspecified atom stereocenters. The first kappa shape index (κ1) is 22.1. The Morgan fingerprint density at radius 1 is 1.33 bits per heavy atom. The van der Waals surface area contributed by atoms with Crippen LogP contribution in [0.4, 0.5) is 4.39 Å². The summed E-state index contributed by atoms with van der Waals surface area (Å²) in [7, 11) is -3.79. The highest BCUT2D eigenvalue weighted by atomic mass is 35.5. The Bertz CT molecular complexity index is 741. The molecular weight excluding hydrogens is 393 g/mol. The molecule has 0 aliphatic carbocycles. The van der Waals surface area contributed by atoms with Crippen molar-refractivity contribution in [1.82, 2.24) is 14.9 Å². The Balaban J connectivity index is 0.00000261. The van der Waals surface area contributed by atoms with Gasteiger partial charge in [-0.05, 0) is 62.9 Å². The number of piperidine rings is 1. The zero-order valence-electron chi connectivity index (χ0n) is 15.2. The minimum Gasteiger partial charge on any atom is -0.341 e. The van der Waals surface area contributed by atoms with E-state index in [2.05, 4.69) is 10.0 Å². The molecule has 2 fully saturated rings. The van der Waals surface area contributed by atoms with Crippen LogP contribution in [0.15, 0.2) is 29.2 Å². The molecule has 2 aliphatic rings. The summed E-state index contributed by atoms with van der Waals surface area (Å²) in [6, 6.07) is 4.61. The van der Waals surface area contributed by atoms with Crippen LogP contribution < -0.4 is 10.0 Å². The maximum absolute atomic E-state index is 13.3. The van der Waals surface area contributed by atoms with Crippen molar-refractivity contribution in [3.05, 3.63) is 30.1 Å². The molecule has 2 saturated heterocycles. The summed E-state index contributed by atoms with van der Waals surface area (Å²) in [5.74, 6) is 0.0623. The Labute approximate surface area is 166 Å². The molecule has 6 nitrogen and oxygen atoms in total. The third-order valence-electron chi connectivity index (χ3n) is 5.13. The lowest BCUT2D eigenvalue weighted by molar-refractivity contribution is -0.132. The molecule has 2 N–H and O–H groups in total. The van der Waals surface area contributed by atoms with Crippen molar-refractivity contribution in [3.63, 3.8) is 0 Å². The van der Waals surface area contributed by atoms with Gasteiger partial charge in [-0.15, -0.1) is 12.4 Å². The first-order chi connectivity index (χ1) is 12.4. The van der Waals surface area contributed by atoms with Gasteiger partial charge >= 0.3 is 0 Å². The highest BCUT2D eigenvalue weighted by molar-refractivity contribution is 7.89. The second-order valence-electron chi connectivity index (χ2n) is 7.16. The van der Waals surface area contributed by atoms with Crippen molar-refractivity contribution in [1.29, 1.82) is 0 Å². The van der Waals surface area contributed by atoms with Crippen LogP contribution in [-0.4, -0.2) is 51.4 Å². The van der Waals surface area contributed by atoms with Crippen molar-refractivity contribution in [3.8, 4) is 0 Å². The number of carbonyl (C=O) groups is 1. The van der Waals surface area contributed by atoms with Crippen molar-refractivity contribution in [2.45, 2.75) is 43.0 Å². The van der Waals surface area contributed by atoms with Crippen LogP contribution in [0.5, 0.6) is 0 Å². The molecule has 0 saturated carbocycles. The van der Waals surface area contributed by atoms with E-state index in [0.717, 1.165) is 38.4 Å². The average molecular weight is 420 g/mol. The van der Waals surface area contributed by atoms with E-state index in [1.165, 1.54) is 18.2 Å². The summed E-state index contributed by atoms with van der Waals surface area (Å²) in [4.78, 5) is 14.1. The lowest BCUT2D eigenvalue weighted by Gasteiger charge is -2.33. The van der Waals surface area contributed by atoms with Gasteiger partial charge in [-0.1, -0.05) is 6.07 Å². The fraction of sp³-hybridized carbons (Fsp3) is 0.611. The summed E-state index contributed by atoms with van der Waals surface area (Å²) < 4.78 is 40.8. The molecule has 152 valence electrons. The van der Waals surface area contributed by atoms with Crippen molar-refractivity contribution >= 4 is 28.3 Å². The first-order valence-electron chi connectivity index (χ1n) is 9.20. The van der Waals surface area contributed by atoms with Crippen molar-refractivity contribution in [2.75, 3.05) is 26.2 Å². The van der Waals surface area contributed by atoms with E-state index in [9.17, 15) is 17.6 Å². The number of amides is 1. The number of nitrogens with one attached hydrogen (secondary N) is 2. The topological polar surface area (TPSA) is 78.5 Å². The number of nitrogens with zero attached hydrogens (tertiary/aromatic N) is 1. The Kier molecular flexibility index (Phi) is 8.03. The fourth-order valence-corrected chi connectivity index (χ4v) is 4.96. The van der Waals surface area contributed by atoms with Crippen LogP contribution in [0.1, 0.15) is 32.1 Å². The maximum Gasteiger partial charge on any atom is 0.240 e. The molecule has 0 aromatic heterocycles. The molecule has 27 heavy (non-hydrogen) atoms. The van der Waals surface area contributed by atoms with Gasteiger partial charge in [0.15, 0.2) is 0 Å². The molecule has 2 heterocycles. The third-order valence-corrected chi connectivity index (χ3v) is 6.65. The quantitative estimate of drug-likeness (QED) is 0.738. The van der Waals surface area contributed by atoms with Gasteiger partial charge in [0.25, 0.3) is 0 Å². The smallest absolute Gasteiger partial charge is 0.240 e. The lowest BCUT2D eigenvalue weighted by atomic mass is 10.0. The standard InChI is InChI=1S/C18H26FN3O3S.ClH/c19-15-3-1-5-17(11-15)26(24,25)21-16-4-2-10-22(13-16)18(23)7-6-14-8-9-20-12-14;/h1,3,5,11,14,16,20-21H,2,4,6-10,12-13H2;1H. The maximum atomic E-state index is 13.3. The van der Waals surface area contributed by atoms with E-state index in [4.69, 9.17) is 0 Å². The SMILES string of the molecule is Cl.O=C(CCC1CCNC1)N1CCCC(NS(=O)(=O)c2cccc(F)c2)C1. The molecule has 2 aliphatic heterocycles. The number of likely N-dealkylation sites (tertiary alicyclic amines) is 1. The molecule has 1 amide bonds. The van der Waals surface area contributed by atoms with E-state index in [-0.39, 0.29) is 29.3 Å². The van der Waals surface area contributed by atoms with Crippen LogP contribution in [0.2, 0.25) is 0 Å². The summed E-state index contributed by atoms with van der Waals surface area (Å²) in [6.07, 6.45) is 3.93. The van der Waals surface area contributed by atoms with Gasteiger partial charge < -0.3 is 10.2 Å². The summed E-state index contributed by atoms with van der Waals surface area (Å²) in [5.41, 5.74) is 0. The van der Waals surface area contributed by atoms with E-state index in [1.807, 2.05) is 0 Å². The number of benzene rings is 1. The van der Waals surface area contributed by atoms with Gasteiger partial charge in [-0.2, -0.15) is 0 Å². The van der Waals surface area contributed by atoms with Gasteiger partial charge in [-0.25, -0.2) is 17.5 Å². The molecule has 1 aromatic carbocycles. The van der Waals surface area contributed by atoms with Crippen LogP contribution in [0.25, 0.3) is 0 Å². The van der Waals surface area contributed by atoms with Crippen LogP contribution in [-0.2, 0) is 14.8 Å². The average Bonchev–Trinajstić information content (AvgIpc) is 3.13. The van der Waals surface area contributed by atoms with Crippen LogP contribution >= 0.6 is 12.4 Å². The van der Waals surface area contributed by atoms with Crippen LogP contribution in [0.3, 0.4) is 0 Å². The number of sulfonamides is 1. The first-order valence-corrected chi connectivity index (χ1v) is 10.7. The third kappa shape index (κ3) is 6.14. The fourth-order valence-electron chi connectivity index (χ4n) is 3.67. The number of hydrogen-bond acceptors (Lipinski definition) is 4. The van der Waals surface area contributed by atoms with Gasteiger partial charge in [0.1, 0.15) is 5.82 Å². The minimum absolute atomic E-state index is 0. The second-order valence-corrected chi connectivity index (χ2v) is 8.87. The van der Waals surface area contributed by atoms with E-state index in [0.29, 0.717) is 31.8 Å². The van der Waals surface area contributed by atoms with E-state index in [1.54, 1.807) is 4.90 Å². The van der Waals surface area contributed by atoms with Gasteiger partial charge in [-0.3, -0.25) is 4.79 Å². The summed E-state index contributed by atoms with van der Waals surface area (Å²) in [6.45, 7) is 3.03. The zero-order chi connectivity index (χ0) is 18.6. The summed E-state index contributed by atoms with van der Waals surface area (Å²) >= 11 is 0. The highest BCUT2D eigenvalue weighted by Crippen LogP contribution is 2.19. The molecule has 9 heteroatoms.